The number of nitrogens with zero attached hydrogens (tertiary/aromatic N) is 4. The van der Waals surface area contributed by atoms with Gasteiger partial charge in [-0.15, -0.1) is 0 Å². The van der Waals surface area contributed by atoms with Gasteiger partial charge in [0.1, 0.15) is 24.2 Å². The van der Waals surface area contributed by atoms with E-state index in [-0.39, 0.29) is 32.3 Å². The van der Waals surface area contributed by atoms with Crippen molar-refractivity contribution in [2.75, 3.05) is 0 Å². The molecule has 0 aromatic rings. The molecule has 4 unspecified atom stereocenters. The SMILES string of the molecule is CCCC(C(=O)O)N1C(=O)C=C(C)C1=O.CCCC(C(=O)O)N1C(=O)C=C(C)C1=O.CCCCC(C(=O)O)N1C(=O)C=C(C)C1=O.CCCCC(C(=O)O)N1C(=O)C=C(C)C1=O.[Zn]. The van der Waals surface area contributed by atoms with Crippen LogP contribution in [-0.4, -0.2) is 135 Å². The molecule has 0 saturated heterocycles. The molecular weight excluding hydrogens is 882 g/mol. The number of hydrogen-bond acceptors (Lipinski definition) is 12. The van der Waals surface area contributed by atoms with Crippen molar-refractivity contribution in [3.8, 4) is 0 Å². The zero-order valence-corrected chi connectivity index (χ0v) is 39.8. The molecule has 4 aliphatic rings. The molecule has 0 aromatic carbocycles. The predicted octanol–water partition coefficient (Wildman–Crippen LogP) is 3.00. The fourth-order valence-electron chi connectivity index (χ4n) is 6.40. The van der Waals surface area contributed by atoms with Crippen LogP contribution in [0.5, 0.6) is 0 Å². The molecule has 21 heteroatoms. The summed E-state index contributed by atoms with van der Waals surface area (Å²) in [5.41, 5.74) is 1.19. The predicted molar refractivity (Wildman–Crippen MR) is 217 cm³/mol. The van der Waals surface area contributed by atoms with Crippen LogP contribution in [0.15, 0.2) is 46.6 Å². The second-order valence-corrected chi connectivity index (χ2v) is 14.6. The molecule has 0 aliphatic carbocycles. The van der Waals surface area contributed by atoms with Gasteiger partial charge >= 0.3 is 23.9 Å². The summed E-state index contributed by atoms with van der Waals surface area (Å²) in [7, 11) is 0. The number of carboxylic acid groups (broad SMARTS) is 4. The van der Waals surface area contributed by atoms with Crippen LogP contribution in [-0.2, 0) is 77.0 Å². The van der Waals surface area contributed by atoms with Gasteiger partial charge in [0.15, 0.2) is 0 Å². The Balaban J connectivity index is 0.000000810. The molecule has 63 heavy (non-hydrogen) atoms. The molecule has 4 N–H and O–H groups in total. The number of rotatable bonds is 18. The summed E-state index contributed by atoms with van der Waals surface area (Å²) in [4.78, 5) is 139. The van der Waals surface area contributed by atoms with Crippen LogP contribution in [0, 0.1) is 0 Å². The van der Waals surface area contributed by atoms with Gasteiger partial charge in [-0.25, -0.2) is 19.2 Å². The van der Waals surface area contributed by atoms with Crippen LogP contribution in [0.25, 0.3) is 0 Å². The van der Waals surface area contributed by atoms with Gasteiger partial charge in [0.25, 0.3) is 47.3 Å². The summed E-state index contributed by atoms with van der Waals surface area (Å²) < 4.78 is 0. The number of aliphatic carboxylic acids is 4. The van der Waals surface area contributed by atoms with E-state index >= 15 is 0 Å². The summed E-state index contributed by atoms with van der Waals surface area (Å²) in [5.74, 6) is -8.61. The van der Waals surface area contributed by atoms with Crippen molar-refractivity contribution in [2.24, 2.45) is 0 Å². The third kappa shape index (κ3) is 15.1. The van der Waals surface area contributed by atoms with Gasteiger partial charge in [-0.1, -0.05) is 66.2 Å². The number of imide groups is 4. The van der Waals surface area contributed by atoms with E-state index < -0.39 is 95.3 Å². The molecule has 4 heterocycles. The molecule has 20 nitrogen and oxygen atoms in total. The van der Waals surface area contributed by atoms with Crippen molar-refractivity contribution < 1.29 is 97.4 Å². The number of unbranched alkanes of at least 4 members (excludes halogenated alkanes) is 2. The van der Waals surface area contributed by atoms with Crippen molar-refractivity contribution in [1.29, 1.82) is 0 Å². The smallest absolute Gasteiger partial charge is 0.326 e. The van der Waals surface area contributed by atoms with Gasteiger partial charge in [-0.05, 0) is 53.4 Å². The van der Waals surface area contributed by atoms with E-state index in [1.165, 1.54) is 52.0 Å². The molecule has 0 radical (unpaired) electrons. The summed E-state index contributed by atoms with van der Waals surface area (Å²) in [6, 6.07) is -4.14. The maximum atomic E-state index is 11.6. The Morgan fingerprint density at radius 3 is 0.714 bits per heavy atom. The van der Waals surface area contributed by atoms with E-state index in [0.29, 0.717) is 60.8 Å². The average molecular weight is 938 g/mol. The van der Waals surface area contributed by atoms with Crippen molar-refractivity contribution in [3.63, 3.8) is 0 Å². The van der Waals surface area contributed by atoms with Crippen LogP contribution in [0.2, 0.25) is 0 Å². The van der Waals surface area contributed by atoms with Crippen LogP contribution in [0.4, 0.5) is 0 Å². The van der Waals surface area contributed by atoms with Gasteiger partial charge in [-0.2, -0.15) is 0 Å². The Labute approximate surface area is 377 Å². The number of carboxylic acids is 4. The Hall–Kier alpha value is -5.98. The third-order valence-corrected chi connectivity index (χ3v) is 9.71. The number of carbonyl (C=O) groups excluding carboxylic acids is 8. The molecule has 8 amide bonds. The Morgan fingerprint density at radius 1 is 0.397 bits per heavy atom. The maximum Gasteiger partial charge on any atom is 0.326 e. The first-order valence-electron chi connectivity index (χ1n) is 20.1. The van der Waals surface area contributed by atoms with Crippen molar-refractivity contribution in [3.05, 3.63) is 46.6 Å². The Bertz CT molecular complexity index is 1830. The monoisotopic (exact) mass is 936 g/mol. The standard InChI is InChI=1S/2C11H15NO4.2C10H13NO4.Zn/c2*1-3-4-5-8(11(15)16)12-9(13)6-7(2)10(12)14;2*1-3-4-7(10(14)15)11-8(12)5-6(2)9(11)13;/h2*6,8H,3-5H2,1-2H3,(H,15,16);2*5,7H,3-4H2,1-2H3,(H,14,15);. The normalized spacial score (nSPS) is 17.5. The Kier molecular flexibility index (Phi) is 24.0. The molecule has 342 valence electrons. The van der Waals surface area contributed by atoms with Gasteiger partial charge in [0, 0.05) is 66.1 Å². The van der Waals surface area contributed by atoms with Crippen LogP contribution >= 0.6 is 0 Å². The molecule has 0 bridgehead atoms. The number of carbonyl (C=O) groups is 12. The van der Waals surface area contributed by atoms with Crippen molar-refractivity contribution in [2.45, 2.75) is 144 Å². The molecular formula is C42H56N4O16Zn. The van der Waals surface area contributed by atoms with Crippen molar-refractivity contribution >= 4 is 71.1 Å². The summed E-state index contributed by atoms with van der Waals surface area (Å²) in [6.45, 7) is 13.5. The van der Waals surface area contributed by atoms with E-state index in [2.05, 4.69) is 0 Å². The van der Waals surface area contributed by atoms with E-state index in [9.17, 15) is 57.5 Å². The molecule has 4 atom stereocenters. The average Bonchev–Trinajstić information content (AvgIpc) is 3.79. The first-order valence-corrected chi connectivity index (χ1v) is 20.1. The second kappa shape index (κ2) is 26.5. The summed E-state index contributed by atoms with van der Waals surface area (Å²) in [5, 5.41) is 35.9. The van der Waals surface area contributed by atoms with E-state index in [0.717, 1.165) is 32.4 Å². The fraction of sp³-hybridized carbons (Fsp3) is 0.524. The second-order valence-electron chi connectivity index (χ2n) is 14.6. The van der Waals surface area contributed by atoms with Crippen LogP contribution in [0.3, 0.4) is 0 Å². The molecule has 0 fully saturated rings. The first-order chi connectivity index (χ1) is 28.9. The van der Waals surface area contributed by atoms with Gasteiger partial charge in [0.05, 0.1) is 0 Å². The maximum absolute atomic E-state index is 11.6. The first kappa shape index (κ1) is 57.0. The third-order valence-electron chi connectivity index (χ3n) is 9.71. The number of hydrogen-bond donors (Lipinski definition) is 4. The zero-order valence-electron chi connectivity index (χ0n) is 36.9. The quantitative estimate of drug-likeness (QED) is 0.113. The Morgan fingerprint density at radius 2 is 0.587 bits per heavy atom. The molecule has 0 spiro atoms. The zero-order chi connectivity index (χ0) is 47.8. The van der Waals surface area contributed by atoms with Crippen molar-refractivity contribution in [1.82, 2.24) is 19.6 Å². The van der Waals surface area contributed by atoms with Gasteiger partial charge in [0.2, 0.25) is 0 Å². The summed E-state index contributed by atoms with van der Waals surface area (Å²) >= 11 is 0. The minimum atomic E-state index is -1.14. The van der Waals surface area contributed by atoms with E-state index in [1.807, 2.05) is 13.8 Å². The largest absolute Gasteiger partial charge is 0.480 e. The van der Waals surface area contributed by atoms with Gasteiger partial charge < -0.3 is 20.4 Å². The fourth-order valence-corrected chi connectivity index (χ4v) is 6.40. The van der Waals surface area contributed by atoms with Crippen LogP contribution in [0.1, 0.15) is 120 Å². The topological polar surface area (TPSA) is 299 Å². The minimum absolute atomic E-state index is 0. The summed E-state index contributed by atoms with van der Waals surface area (Å²) in [6.07, 6.45) is 10.1. The minimum Gasteiger partial charge on any atom is -0.480 e. The van der Waals surface area contributed by atoms with E-state index in [4.69, 9.17) is 20.4 Å². The number of amides is 8. The van der Waals surface area contributed by atoms with Gasteiger partial charge in [-0.3, -0.25) is 58.0 Å². The molecule has 4 rings (SSSR count). The van der Waals surface area contributed by atoms with E-state index in [1.54, 1.807) is 13.8 Å². The molecule has 4 aliphatic heterocycles. The van der Waals surface area contributed by atoms with Crippen LogP contribution < -0.4 is 0 Å². The molecule has 0 saturated carbocycles. The molecule has 0 aromatic heterocycles.